The van der Waals surface area contributed by atoms with Crippen molar-refractivity contribution in [2.24, 2.45) is 0 Å². The van der Waals surface area contributed by atoms with Crippen LogP contribution in [0, 0.1) is 0 Å². The maximum Gasteiger partial charge on any atom is 0.159 e. The molecule has 1 aromatic rings. The molecule has 4 heteroatoms. The van der Waals surface area contributed by atoms with Crippen molar-refractivity contribution in [1.82, 2.24) is 9.97 Å². The molecule has 0 aliphatic rings. The summed E-state index contributed by atoms with van der Waals surface area (Å²) in [7, 11) is 0. The van der Waals surface area contributed by atoms with Gasteiger partial charge in [-0.15, -0.1) is 0 Å². The van der Waals surface area contributed by atoms with Crippen LogP contribution in [-0.4, -0.2) is 23.1 Å². The van der Waals surface area contributed by atoms with Crippen LogP contribution in [0.25, 0.3) is 0 Å². The molecule has 1 heterocycles. The van der Waals surface area contributed by atoms with Crippen molar-refractivity contribution in [3.8, 4) is 0 Å². The standard InChI is InChI=1S/C14H25N3O/c1-6-8-15-13-9-12(10(3)4)16-14(17-13)11(5)18-7-2/h9-11H,6-8H2,1-5H3,(H,15,16,17). The maximum atomic E-state index is 5.57. The van der Waals surface area contributed by atoms with Crippen molar-refractivity contribution < 1.29 is 4.74 Å². The molecule has 0 amide bonds. The first-order chi connectivity index (χ1) is 8.58. The van der Waals surface area contributed by atoms with Gasteiger partial charge in [0.2, 0.25) is 0 Å². The zero-order chi connectivity index (χ0) is 13.5. The largest absolute Gasteiger partial charge is 0.371 e. The van der Waals surface area contributed by atoms with Crippen molar-refractivity contribution in [2.45, 2.75) is 53.1 Å². The zero-order valence-corrected chi connectivity index (χ0v) is 12.2. The Bertz CT molecular complexity index is 366. The molecular formula is C14H25N3O. The minimum Gasteiger partial charge on any atom is -0.371 e. The van der Waals surface area contributed by atoms with E-state index in [0.717, 1.165) is 30.3 Å². The fourth-order valence-electron chi connectivity index (χ4n) is 1.63. The summed E-state index contributed by atoms with van der Waals surface area (Å²) in [4.78, 5) is 9.11. The lowest BCUT2D eigenvalue weighted by molar-refractivity contribution is 0.0699. The van der Waals surface area contributed by atoms with Crippen LogP contribution < -0.4 is 5.32 Å². The molecular weight excluding hydrogens is 226 g/mol. The predicted octanol–water partition coefficient (Wildman–Crippen LogP) is 3.52. The quantitative estimate of drug-likeness (QED) is 0.805. The molecule has 18 heavy (non-hydrogen) atoms. The van der Waals surface area contributed by atoms with Gasteiger partial charge in [-0.25, -0.2) is 9.97 Å². The number of aromatic nitrogens is 2. The number of rotatable bonds is 7. The molecule has 102 valence electrons. The van der Waals surface area contributed by atoms with Crippen LogP contribution in [0.1, 0.15) is 64.6 Å². The SMILES string of the molecule is CCCNc1cc(C(C)C)nc(C(C)OCC)n1. The lowest BCUT2D eigenvalue weighted by atomic mass is 10.1. The molecule has 1 rings (SSSR count). The Balaban J connectivity index is 2.97. The van der Waals surface area contributed by atoms with Crippen molar-refractivity contribution in [1.29, 1.82) is 0 Å². The van der Waals surface area contributed by atoms with Gasteiger partial charge in [-0.1, -0.05) is 20.8 Å². The third-order valence-corrected chi connectivity index (χ3v) is 2.69. The summed E-state index contributed by atoms with van der Waals surface area (Å²) in [5.41, 5.74) is 1.06. The Hall–Kier alpha value is -1.16. The third kappa shape index (κ3) is 4.26. The van der Waals surface area contributed by atoms with Crippen LogP contribution in [-0.2, 0) is 4.74 Å². The molecule has 0 aliphatic heterocycles. The summed E-state index contributed by atoms with van der Waals surface area (Å²) in [5, 5.41) is 3.32. The maximum absolute atomic E-state index is 5.57. The third-order valence-electron chi connectivity index (χ3n) is 2.69. The predicted molar refractivity (Wildman–Crippen MR) is 74.9 cm³/mol. The number of hydrogen-bond donors (Lipinski definition) is 1. The Labute approximate surface area is 110 Å². The normalized spacial score (nSPS) is 12.8. The van der Waals surface area contributed by atoms with Gasteiger partial charge >= 0.3 is 0 Å². The molecule has 0 radical (unpaired) electrons. The Morgan fingerprint density at radius 2 is 1.94 bits per heavy atom. The van der Waals surface area contributed by atoms with Gasteiger partial charge in [0.25, 0.3) is 0 Å². The van der Waals surface area contributed by atoms with Crippen LogP contribution in [0.5, 0.6) is 0 Å². The first kappa shape index (κ1) is 14.9. The molecule has 0 saturated carbocycles. The lowest BCUT2D eigenvalue weighted by Gasteiger charge is -2.15. The van der Waals surface area contributed by atoms with Crippen LogP contribution >= 0.6 is 0 Å². The molecule has 1 atom stereocenters. The minimum atomic E-state index is -0.0594. The van der Waals surface area contributed by atoms with E-state index in [1.165, 1.54) is 0 Å². The van der Waals surface area contributed by atoms with Crippen LogP contribution in [0.2, 0.25) is 0 Å². The zero-order valence-electron chi connectivity index (χ0n) is 12.2. The molecule has 0 aromatic carbocycles. The average molecular weight is 251 g/mol. The number of ether oxygens (including phenoxy) is 1. The molecule has 1 N–H and O–H groups in total. The highest BCUT2D eigenvalue weighted by Crippen LogP contribution is 2.20. The molecule has 1 unspecified atom stereocenters. The highest BCUT2D eigenvalue weighted by molar-refractivity contribution is 5.37. The van der Waals surface area contributed by atoms with E-state index >= 15 is 0 Å². The van der Waals surface area contributed by atoms with Gasteiger partial charge in [-0.05, 0) is 26.2 Å². The van der Waals surface area contributed by atoms with E-state index in [1.807, 2.05) is 19.9 Å². The molecule has 0 aliphatic carbocycles. The monoisotopic (exact) mass is 251 g/mol. The number of anilines is 1. The summed E-state index contributed by atoms with van der Waals surface area (Å²) < 4.78 is 5.57. The van der Waals surface area contributed by atoms with Gasteiger partial charge in [-0.2, -0.15) is 0 Å². The second-order valence-corrected chi connectivity index (χ2v) is 4.72. The number of nitrogens with one attached hydrogen (secondary N) is 1. The summed E-state index contributed by atoms with van der Waals surface area (Å²) in [6, 6.07) is 2.03. The summed E-state index contributed by atoms with van der Waals surface area (Å²) >= 11 is 0. The van der Waals surface area contributed by atoms with Gasteiger partial charge in [-0.3, -0.25) is 0 Å². The highest BCUT2D eigenvalue weighted by atomic mass is 16.5. The van der Waals surface area contributed by atoms with Crippen LogP contribution in [0.3, 0.4) is 0 Å². The van der Waals surface area contributed by atoms with E-state index in [4.69, 9.17) is 4.74 Å². The fraction of sp³-hybridized carbons (Fsp3) is 0.714. The topological polar surface area (TPSA) is 47.0 Å². The summed E-state index contributed by atoms with van der Waals surface area (Å²) in [6.45, 7) is 12.0. The van der Waals surface area contributed by atoms with E-state index < -0.39 is 0 Å². The van der Waals surface area contributed by atoms with Crippen molar-refractivity contribution in [2.75, 3.05) is 18.5 Å². The van der Waals surface area contributed by atoms with Crippen molar-refractivity contribution >= 4 is 5.82 Å². The molecule has 0 saturated heterocycles. The summed E-state index contributed by atoms with van der Waals surface area (Å²) in [6.07, 6.45) is 1.02. The van der Waals surface area contributed by atoms with Crippen LogP contribution in [0.4, 0.5) is 5.82 Å². The van der Waals surface area contributed by atoms with E-state index in [0.29, 0.717) is 12.5 Å². The van der Waals surface area contributed by atoms with Gasteiger partial charge in [0.1, 0.15) is 11.9 Å². The van der Waals surface area contributed by atoms with Crippen molar-refractivity contribution in [3.05, 3.63) is 17.6 Å². The van der Waals surface area contributed by atoms with Gasteiger partial charge in [0.05, 0.1) is 0 Å². The second-order valence-electron chi connectivity index (χ2n) is 4.72. The molecule has 0 spiro atoms. The van der Waals surface area contributed by atoms with Crippen molar-refractivity contribution in [3.63, 3.8) is 0 Å². The van der Waals surface area contributed by atoms with E-state index in [-0.39, 0.29) is 6.10 Å². The van der Waals surface area contributed by atoms with Gasteiger partial charge in [0.15, 0.2) is 5.82 Å². The van der Waals surface area contributed by atoms with Gasteiger partial charge in [0, 0.05) is 24.9 Å². The number of nitrogens with zero attached hydrogens (tertiary/aromatic N) is 2. The Morgan fingerprint density at radius 1 is 1.22 bits per heavy atom. The van der Waals surface area contributed by atoms with Crippen LogP contribution in [0.15, 0.2) is 6.07 Å². The fourth-order valence-corrected chi connectivity index (χ4v) is 1.63. The molecule has 1 aromatic heterocycles. The van der Waals surface area contributed by atoms with E-state index in [2.05, 4.69) is 36.1 Å². The molecule has 4 nitrogen and oxygen atoms in total. The summed E-state index contributed by atoms with van der Waals surface area (Å²) in [5.74, 6) is 2.06. The van der Waals surface area contributed by atoms with E-state index in [9.17, 15) is 0 Å². The Morgan fingerprint density at radius 3 is 2.50 bits per heavy atom. The lowest BCUT2D eigenvalue weighted by Crippen LogP contribution is -2.11. The average Bonchev–Trinajstić information content (AvgIpc) is 2.36. The molecule has 0 bridgehead atoms. The molecule has 0 fully saturated rings. The highest BCUT2D eigenvalue weighted by Gasteiger charge is 2.13. The van der Waals surface area contributed by atoms with Gasteiger partial charge < -0.3 is 10.1 Å². The smallest absolute Gasteiger partial charge is 0.159 e. The minimum absolute atomic E-state index is 0.0594. The number of hydrogen-bond acceptors (Lipinski definition) is 4. The Kier molecular flexibility index (Phi) is 6.05. The first-order valence-corrected chi connectivity index (χ1v) is 6.82. The second kappa shape index (κ2) is 7.31. The van der Waals surface area contributed by atoms with E-state index in [1.54, 1.807) is 0 Å². The first-order valence-electron chi connectivity index (χ1n) is 6.82.